The molecule has 0 bridgehead atoms. The van der Waals surface area contributed by atoms with Crippen LogP contribution in [0.15, 0.2) is 47.7 Å². The predicted molar refractivity (Wildman–Crippen MR) is 130 cm³/mol. The Morgan fingerprint density at radius 1 is 1.18 bits per heavy atom. The van der Waals surface area contributed by atoms with Crippen molar-refractivity contribution in [2.45, 2.75) is 58.0 Å². The highest BCUT2D eigenvalue weighted by molar-refractivity contribution is 6.01. The molecular weight excluding hydrogens is 506 g/mol. The zero-order valence-corrected chi connectivity index (χ0v) is 21.5. The number of nitrogens with one attached hydrogen (secondary N) is 1. The fourth-order valence-corrected chi connectivity index (χ4v) is 5.13. The number of carbonyl (C=O) groups is 3. The minimum absolute atomic E-state index is 0.0411. The van der Waals surface area contributed by atoms with Gasteiger partial charge in [-0.25, -0.2) is 9.18 Å². The van der Waals surface area contributed by atoms with E-state index in [1.807, 2.05) is 13.8 Å². The molecule has 1 heterocycles. The molecule has 1 aliphatic heterocycles. The molecule has 4 rings (SSSR count). The van der Waals surface area contributed by atoms with Gasteiger partial charge in [-0.05, 0) is 55.0 Å². The Labute approximate surface area is 218 Å². The zero-order valence-electron chi connectivity index (χ0n) is 21.5. The number of rotatable bonds is 8. The highest BCUT2D eigenvalue weighted by atomic mass is 19.4. The van der Waals surface area contributed by atoms with Crippen LogP contribution in [0.4, 0.5) is 22.4 Å². The molecule has 11 heteroatoms. The first-order chi connectivity index (χ1) is 17.8. The molecule has 206 valence electrons. The van der Waals surface area contributed by atoms with E-state index in [2.05, 4.69) is 5.32 Å². The fraction of sp³-hybridized carbons (Fsp3) is 0.519. The van der Waals surface area contributed by atoms with Crippen LogP contribution >= 0.6 is 0 Å². The van der Waals surface area contributed by atoms with E-state index in [0.29, 0.717) is 47.0 Å². The molecule has 2 amide bonds. The maximum atomic E-state index is 13.6. The number of amides is 2. The van der Waals surface area contributed by atoms with Crippen LogP contribution in [0, 0.1) is 17.7 Å². The van der Waals surface area contributed by atoms with Gasteiger partial charge in [-0.3, -0.25) is 14.5 Å². The van der Waals surface area contributed by atoms with E-state index in [4.69, 9.17) is 4.74 Å². The van der Waals surface area contributed by atoms with Gasteiger partial charge in [0.05, 0.1) is 12.2 Å². The molecule has 7 nitrogen and oxygen atoms in total. The summed E-state index contributed by atoms with van der Waals surface area (Å²) in [6.45, 7) is 4.47. The molecule has 3 aliphatic rings. The van der Waals surface area contributed by atoms with Gasteiger partial charge in [-0.1, -0.05) is 32.1 Å². The Morgan fingerprint density at radius 2 is 1.87 bits per heavy atom. The number of carbonyl (C=O) groups excluding carboxylic acids is 3. The zero-order chi connectivity index (χ0) is 27.8. The average Bonchev–Trinajstić information content (AvgIpc) is 3.36. The molecule has 2 fully saturated rings. The van der Waals surface area contributed by atoms with Crippen molar-refractivity contribution in [1.29, 1.82) is 0 Å². The van der Waals surface area contributed by atoms with E-state index >= 15 is 0 Å². The van der Waals surface area contributed by atoms with Crippen molar-refractivity contribution >= 4 is 17.8 Å². The third-order valence-electron chi connectivity index (χ3n) is 7.29. The SMILES string of the molecule is CC(C)CNC1=CC=C2C(CC[C@]23CN(CC(=O)N(Cc2ccc(F)cc2)[C@@H](C)C(F)(F)F)C(=O)O3)C1=O. The summed E-state index contributed by atoms with van der Waals surface area (Å²) in [5.41, 5.74) is 0.357. The van der Waals surface area contributed by atoms with Crippen molar-refractivity contribution in [3.8, 4) is 0 Å². The molecule has 2 aliphatic carbocycles. The van der Waals surface area contributed by atoms with Gasteiger partial charge < -0.3 is 15.0 Å². The van der Waals surface area contributed by atoms with E-state index in [1.165, 1.54) is 12.1 Å². The molecule has 1 saturated heterocycles. The summed E-state index contributed by atoms with van der Waals surface area (Å²) in [5.74, 6) is -1.68. The molecule has 1 unspecified atom stereocenters. The summed E-state index contributed by atoms with van der Waals surface area (Å²) in [6.07, 6.45) is -1.26. The number of Topliss-reactive ketones (excluding diaryl/α,β-unsaturated/α-hetero) is 1. The summed E-state index contributed by atoms with van der Waals surface area (Å²) < 4.78 is 59.8. The molecular formula is C27H31F4N3O4. The van der Waals surface area contributed by atoms with Crippen molar-refractivity contribution in [3.05, 3.63) is 59.1 Å². The van der Waals surface area contributed by atoms with Crippen LogP contribution in [0.25, 0.3) is 0 Å². The van der Waals surface area contributed by atoms with Crippen LogP contribution in [0.3, 0.4) is 0 Å². The number of ketones is 1. The summed E-state index contributed by atoms with van der Waals surface area (Å²) in [5, 5.41) is 3.15. The number of alkyl halides is 3. The molecule has 0 aromatic heterocycles. The van der Waals surface area contributed by atoms with Crippen molar-refractivity contribution in [1.82, 2.24) is 15.1 Å². The van der Waals surface area contributed by atoms with Gasteiger partial charge in [0.2, 0.25) is 5.91 Å². The smallest absolute Gasteiger partial charge is 0.411 e. The Bertz CT molecular complexity index is 1160. The third-order valence-corrected chi connectivity index (χ3v) is 7.29. The standard InChI is InChI=1S/C27H31F4N3O4/c1-16(2)12-32-22-9-8-21-20(24(22)36)10-11-26(21)15-33(25(37)38-26)14-23(35)34(17(3)27(29,30)31)13-18-4-6-19(28)7-5-18/h4-9,16-17,20,32H,10-15H2,1-3H3/t17-,20?,26-/m0/s1. The number of ether oxygens (including phenoxy) is 1. The van der Waals surface area contributed by atoms with Crippen LogP contribution < -0.4 is 5.32 Å². The molecule has 1 aromatic carbocycles. The average molecular weight is 538 g/mol. The first-order valence-corrected chi connectivity index (χ1v) is 12.6. The molecule has 38 heavy (non-hydrogen) atoms. The van der Waals surface area contributed by atoms with Crippen molar-refractivity contribution in [2.75, 3.05) is 19.6 Å². The number of allylic oxidation sites excluding steroid dienone is 3. The Hall–Kier alpha value is -3.37. The summed E-state index contributed by atoms with van der Waals surface area (Å²) in [7, 11) is 0. The van der Waals surface area contributed by atoms with E-state index in [0.717, 1.165) is 24.0 Å². The summed E-state index contributed by atoms with van der Waals surface area (Å²) >= 11 is 0. The normalized spacial score (nSPS) is 23.8. The van der Waals surface area contributed by atoms with Crippen LogP contribution in [0.5, 0.6) is 0 Å². The van der Waals surface area contributed by atoms with Gasteiger partial charge in [0, 0.05) is 19.0 Å². The summed E-state index contributed by atoms with van der Waals surface area (Å²) in [4.78, 5) is 40.7. The maximum Gasteiger partial charge on any atom is 0.411 e. The van der Waals surface area contributed by atoms with Gasteiger partial charge in [-0.15, -0.1) is 0 Å². The minimum Gasteiger partial charge on any atom is -0.436 e. The monoisotopic (exact) mass is 537 g/mol. The minimum atomic E-state index is -4.71. The highest BCUT2D eigenvalue weighted by Crippen LogP contribution is 2.48. The lowest BCUT2D eigenvalue weighted by atomic mass is 9.85. The number of nitrogens with zero attached hydrogens (tertiary/aromatic N) is 2. The predicted octanol–water partition coefficient (Wildman–Crippen LogP) is 4.34. The van der Waals surface area contributed by atoms with Crippen molar-refractivity contribution < 1.29 is 36.7 Å². The lowest BCUT2D eigenvalue weighted by Gasteiger charge is -2.32. The maximum absolute atomic E-state index is 13.6. The topological polar surface area (TPSA) is 79.0 Å². The van der Waals surface area contributed by atoms with Gasteiger partial charge in [0.1, 0.15) is 18.4 Å². The molecule has 1 N–H and O–H groups in total. The molecule has 1 saturated carbocycles. The first-order valence-electron chi connectivity index (χ1n) is 12.6. The van der Waals surface area contributed by atoms with E-state index in [-0.39, 0.29) is 12.3 Å². The Balaban J connectivity index is 1.50. The van der Waals surface area contributed by atoms with Gasteiger partial charge in [0.25, 0.3) is 0 Å². The number of hydrogen-bond donors (Lipinski definition) is 1. The van der Waals surface area contributed by atoms with Gasteiger partial charge in [-0.2, -0.15) is 13.2 Å². The molecule has 3 atom stereocenters. The molecule has 1 spiro atoms. The Morgan fingerprint density at radius 3 is 2.50 bits per heavy atom. The largest absolute Gasteiger partial charge is 0.436 e. The van der Waals surface area contributed by atoms with E-state index in [1.54, 1.807) is 12.2 Å². The van der Waals surface area contributed by atoms with Crippen LogP contribution in [0.2, 0.25) is 0 Å². The quantitative estimate of drug-likeness (QED) is 0.499. The lowest BCUT2D eigenvalue weighted by molar-refractivity contribution is -0.187. The van der Waals surface area contributed by atoms with Crippen LogP contribution in [0.1, 0.15) is 39.2 Å². The third kappa shape index (κ3) is 5.56. The molecule has 0 radical (unpaired) electrons. The highest BCUT2D eigenvalue weighted by Gasteiger charge is 2.56. The summed E-state index contributed by atoms with van der Waals surface area (Å²) in [6, 6.07) is 2.68. The van der Waals surface area contributed by atoms with E-state index in [9.17, 15) is 31.9 Å². The van der Waals surface area contributed by atoms with Gasteiger partial charge in [0.15, 0.2) is 11.4 Å². The number of benzene rings is 1. The van der Waals surface area contributed by atoms with Crippen molar-refractivity contribution in [2.24, 2.45) is 11.8 Å². The fourth-order valence-electron chi connectivity index (χ4n) is 5.13. The number of halogens is 4. The first kappa shape index (κ1) is 27.7. The van der Waals surface area contributed by atoms with Gasteiger partial charge >= 0.3 is 12.3 Å². The lowest BCUT2D eigenvalue weighted by Crippen LogP contribution is -2.50. The van der Waals surface area contributed by atoms with E-state index < -0.39 is 54.6 Å². The second-order valence-electron chi connectivity index (χ2n) is 10.5. The number of hydrogen-bond acceptors (Lipinski definition) is 5. The van der Waals surface area contributed by atoms with Crippen LogP contribution in [-0.2, 0) is 20.9 Å². The Kier molecular flexibility index (Phi) is 7.58. The second-order valence-corrected chi connectivity index (χ2v) is 10.5. The second kappa shape index (κ2) is 10.4. The van der Waals surface area contributed by atoms with Crippen molar-refractivity contribution in [3.63, 3.8) is 0 Å². The molecule has 1 aromatic rings. The van der Waals surface area contributed by atoms with Crippen LogP contribution in [-0.4, -0.2) is 65.0 Å². The number of fused-ring (bicyclic) bond motifs is 2.